The zero-order chi connectivity index (χ0) is 14.5. The lowest BCUT2D eigenvalue weighted by atomic mass is 10.1. The third-order valence-corrected chi connectivity index (χ3v) is 2.59. The van der Waals surface area contributed by atoms with Gasteiger partial charge in [0.05, 0.1) is 18.5 Å². The molecule has 0 aliphatic carbocycles. The van der Waals surface area contributed by atoms with E-state index in [1.807, 2.05) is 0 Å². The Morgan fingerprint density at radius 2 is 1.95 bits per heavy atom. The van der Waals surface area contributed by atoms with Crippen LogP contribution in [-0.4, -0.2) is 31.9 Å². The number of rotatable bonds is 5. The Morgan fingerprint density at radius 1 is 1.25 bits per heavy atom. The summed E-state index contributed by atoms with van der Waals surface area (Å²) in [5.41, 5.74) is 1.58. The minimum absolute atomic E-state index is 0.0795. The smallest absolute Gasteiger partial charge is 0.325 e. The molecule has 1 heterocycles. The average Bonchev–Trinajstić information content (AvgIpc) is 2.85. The molecule has 0 aliphatic rings. The Balaban J connectivity index is 2.03. The number of carbonyl (C=O) groups is 2. The molecule has 7 heteroatoms. The fourth-order valence-electron chi connectivity index (χ4n) is 1.62. The molecule has 0 radical (unpaired) electrons. The van der Waals surface area contributed by atoms with Gasteiger partial charge >= 0.3 is 5.97 Å². The number of aromatic nitrogens is 2. The summed E-state index contributed by atoms with van der Waals surface area (Å²) >= 11 is 0. The molecule has 3 N–H and O–H groups in total. The molecule has 1 amide bonds. The first-order valence-corrected chi connectivity index (χ1v) is 5.84. The van der Waals surface area contributed by atoms with E-state index in [9.17, 15) is 9.59 Å². The van der Waals surface area contributed by atoms with Crippen molar-refractivity contribution in [1.29, 1.82) is 0 Å². The van der Waals surface area contributed by atoms with E-state index in [1.54, 1.807) is 24.3 Å². The van der Waals surface area contributed by atoms with Crippen LogP contribution >= 0.6 is 0 Å². The Kier molecular flexibility index (Phi) is 4.11. The first-order chi connectivity index (χ1) is 9.58. The average molecular weight is 275 g/mol. The largest absolute Gasteiger partial charge is 0.480 e. The van der Waals surface area contributed by atoms with Gasteiger partial charge in [0, 0.05) is 11.8 Å². The molecule has 0 spiro atoms. The lowest BCUT2D eigenvalue weighted by Crippen LogP contribution is -2.12. The van der Waals surface area contributed by atoms with Crippen molar-refractivity contribution in [3.63, 3.8) is 0 Å². The number of carboxylic acid groups (broad SMARTS) is 1. The van der Waals surface area contributed by atoms with Crippen molar-refractivity contribution in [1.82, 2.24) is 9.78 Å². The number of anilines is 1. The first kappa shape index (κ1) is 13.8. The second-order valence-electron chi connectivity index (χ2n) is 4.13. The zero-order valence-electron chi connectivity index (χ0n) is 10.5. The Labute approximate surface area is 114 Å². The third-order valence-electron chi connectivity index (χ3n) is 2.59. The van der Waals surface area contributed by atoms with Crippen LogP contribution in [0.3, 0.4) is 0 Å². The highest BCUT2D eigenvalue weighted by Gasteiger charge is 2.08. The maximum Gasteiger partial charge on any atom is 0.325 e. The van der Waals surface area contributed by atoms with Crippen molar-refractivity contribution in [2.45, 2.75) is 13.2 Å². The topological polar surface area (TPSA) is 104 Å². The molecule has 0 unspecified atom stereocenters. The van der Waals surface area contributed by atoms with Crippen molar-refractivity contribution in [2.75, 3.05) is 5.32 Å². The molecule has 2 aromatic rings. The van der Waals surface area contributed by atoms with Gasteiger partial charge in [0.15, 0.2) is 0 Å². The van der Waals surface area contributed by atoms with Crippen LogP contribution in [0.5, 0.6) is 0 Å². The summed E-state index contributed by atoms with van der Waals surface area (Å²) in [6, 6.07) is 6.51. The van der Waals surface area contributed by atoms with Crippen LogP contribution in [-0.2, 0) is 17.9 Å². The fourth-order valence-corrected chi connectivity index (χ4v) is 1.62. The van der Waals surface area contributed by atoms with Gasteiger partial charge in [-0.05, 0) is 17.7 Å². The molecule has 1 aromatic carbocycles. The van der Waals surface area contributed by atoms with Gasteiger partial charge in [-0.1, -0.05) is 12.1 Å². The van der Waals surface area contributed by atoms with Gasteiger partial charge in [-0.2, -0.15) is 5.10 Å². The monoisotopic (exact) mass is 275 g/mol. The predicted molar refractivity (Wildman–Crippen MR) is 70.2 cm³/mol. The molecule has 2 rings (SSSR count). The number of carbonyl (C=O) groups excluding carboxylic acids is 1. The number of nitrogens with zero attached hydrogens (tertiary/aromatic N) is 2. The van der Waals surface area contributed by atoms with Crippen LogP contribution < -0.4 is 5.32 Å². The highest BCUT2D eigenvalue weighted by atomic mass is 16.4. The van der Waals surface area contributed by atoms with Crippen LogP contribution in [0.1, 0.15) is 15.9 Å². The molecule has 0 aliphatic heterocycles. The van der Waals surface area contributed by atoms with Crippen molar-refractivity contribution >= 4 is 17.6 Å². The van der Waals surface area contributed by atoms with E-state index in [0.717, 1.165) is 5.56 Å². The van der Waals surface area contributed by atoms with E-state index < -0.39 is 5.97 Å². The van der Waals surface area contributed by atoms with Crippen LogP contribution in [0.15, 0.2) is 36.7 Å². The molecule has 7 nitrogen and oxygen atoms in total. The van der Waals surface area contributed by atoms with Gasteiger partial charge in [0.2, 0.25) is 0 Å². The maximum atomic E-state index is 11.9. The second-order valence-corrected chi connectivity index (χ2v) is 4.13. The number of aliphatic hydroxyl groups excluding tert-OH is 1. The highest BCUT2D eigenvalue weighted by Crippen LogP contribution is 2.09. The summed E-state index contributed by atoms with van der Waals surface area (Å²) in [7, 11) is 0. The summed E-state index contributed by atoms with van der Waals surface area (Å²) in [6.07, 6.45) is 2.82. The normalized spacial score (nSPS) is 10.2. The van der Waals surface area contributed by atoms with Gasteiger partial charge < -0.3 is 15.5 Å². The number of hydrogen-bond donors (Lipinski definition) is 3. The summed E-state index contributed by atoms with van der Waals surface area (Å²) < 4.78 is 1.22. The van der Waals surface area contributed by atoms with E-state index in [2.05, 4.69) is 10.4 Å². The zero-order valence-corrected chi connectivity index (χ0v) is 10.5. The Bertz CT molecular complexity index is 619. The third kappa shape index (κ3) is 3.42. The van der Waals surface area contributed by atoms with E-state index >= 15 is 0 Å². The minimum Gasteiger partial charge on any atom is -0.480 e. The fraction of sp³-hybridized carbons (Fsp3) is 0.154. The summed E-state index contributed by atoms with van der Waals surface area (Å²) in [5.74, 6) is -1.34. The van der Waals surface area contributed by atoms with Gasteiger partial charge in [0.25, 0.3) is 5.91 Å². The van der Waals surface area contributed by atoms with E-state index in [4.69, 9.17) is 10.2 Å². The number of carboxylic acids is 1. The lowest BCUT2D eigenvalue weighted by Gasteiger charge is -2.03. The molecule has 20 heavy (non-hydrogen) atoms. The first-order valence-electron chi connectivity index (χ1n) is 5.84. The molecular formula is C13H13N3O4. The van der Waals surface area contributed by atoms with E-state index in [0.29, 0.717) is 11.3 Å². The van der Waals surface area contributed by atoms with Crippen molar-refractivity contribution in [3.05, 3.63) is 47.8 Å². The molecule has 104 valence electrons. The molecule has 1 aromatic heterocycles. The van der Waals surface area contributed by atoms with Crippen LogP contribution in [0.25, 0.3) is 0 Å². The summed E-state index contributed by atoms with van der Waals surface area (Å²) in [5, 5.41) is 24.0. The Morgan fingerprint density at radius 3 is 2.55 bits per heavy atom. The maximum absolute atomic E-state index is 11.9. The minimum atomic E-state index is -1.01. The number of amides is 1. The van der Waals surface area contributed by atoms with Crippen molar-refractivity contribution < 1.29 is 19.8 Å². The SMILES string of the molecule is O=C(O)Cn1cc(NC(=O)c2ccc(CO)cc2)cn1. The van der Waals surface area contributed by atoms with Gasteiger partial charge in [-0.25, -0.2) is 0 Å². The Hall–Kier alpha value is -2.67. The van der Waals surface area contributed by atoms with Crippen molar-refractivity contribution in [3.8, 4) is 0 Å². The van der Waals surface area contributed by atoms with Crippen LogP contribution in [0, 0.1) is 0 Å². The van der Waals surface area contributed by atoms with Crippen molar-refractivity contribution in [2.24, 2.45) is 0 Å². The molecular weight excluding hydrogens is 262 g/mol. The quantitative estimate of drug-likeness (QED) is 0.745. The predicted octanol–water partition coefficient (Wildman–Crippen LogP) is 0.712. The number of aliphatic carboxylic acids is 1. The summed E-state index contributed by atoms with van der Waals surface area (Å²) in [4.78, 5) is 22.4. The standard InChI is InChI=1S/C13H13N3O4/c17-8-9-1-3-10(4-2-9)13(20)15-11-5-14-16(6-11)7-12(18)19/h1-6,17H,7-8H2,(H,15,20)(H,18,19). The number of benzene rings is 1. The van der Waals surface area contributed by atoms with E-state index in [-0.39, 0.29) is 19.1 Å². The van der Waals surface area contributed by atoms with E-state index in [1.165, 1.54) is 17.1 Å². The molecule has 0 fully saturated rings. The second kappa shape index (κ2) is 5.98. The van der Waals surface area contributed by atoms with Crippen LogP contribution in [0.2, 0.25) is 0 Å². The molecule has 0 bridgehead atoms. The van der Waals surface area contributed by atoms with Gasteiger partial charge in [-0.3, -0.25) is 14.3 Å². The molecule has 0 saturated carbocycles. The van der Waals surface area contributed by atoms with Gasteiger partial charge in [-0.15, -0.1) is 0 Å². The summed E-state index contributed by atoms with van der Waals surface area (Å²) in [6.45, 7) is -0.342. The molecule has 0 saturated heterocycles. The number of hydrogen-bond acceptors (Lipinski definition) is 4. The lowest BCUT2D eigenvalue weighted by molar-refractivity contribution is -0.137. The van der Waals surface area contributed by atoms with Gasteiger partial charge in [0.1, 0.15) is 6.54 Å². The van der Waals surface area contributed by atoms with Crippen LogP contribution in [0.4, 0.5) is 5.69 Å². The number of aliphatic hydroxyl groups is 1. The highest BCUT2D eigenvalue weighted by molar-refractivity contribution is 6.04. The molecule has 0 atom stereocenters. The number of nitrogens with one attached hydrogen (secondary N) is 1.